The van der Waals surface area contributed by atoms with Crippen LogP contribution in [0.2, 0.25) is 0 Å². The van der Waals surface area contributed by atoms with E-state index in [0.717, 1.165) is 30.6 Å². The minimum absolute atomic E-state index is 0.228. The molecule has 0 bridgehead atoms. The number of carbonyl (C=O) groups excluding carboxylic acids is 1. The summed E-state index contributed by atoms with van der Waals surface area (Å²) in [5, 5.41) is 4.77. The van der Waals surface area contributed by atoms with E-state index in [1.165, 1.54) is 16.2 Å². The zero-order valence-corrected chi connectivity index (χ0v) is 13.9. The molecule has 0 saturated carbocycles. The smallest absolute Gasteiger partial charge is 0.164 e. The predicted octanol–water partition coefficient (Wildman–Crippen LogP) is 4.91. The van der Waals surface area contributed by atoms with Crippen molar-refractivity contribution in [3.63, 3.8) is 0 Å². The molecule has 23 heavy (non-hydrogen) atoms. The monoisotopic (exact) mass is 305 g/mol. The normalized spacial score (nSPS) is 11.4. The lowest BCUT2D eigenvalue weighted by atomic mass is 9.98. The van der Waals surface area contributed by atoms with Crippen LogP contribution in [0.25, 0.3) is 21.5 Å². The second-order valence-corrected chi connectivity index (χ2v) is 5.92. The third-order valence-electron chi connectivity index (χ3n) is 4.62. The zero-order chi connectivity index (χ0) is 16.2. The fourth-order valence-electron chi connectivity index (χ4n) is 3.12. The van der Waals surface area contributed by atoms with Gasteiger partial charge in [-0.1, -0.05) is 62.4 Å². The number of nitrogens with zero attached hydrogens (tertiary/aromatic N) is 1. The summed E-state index contributed by atoms with van der Waals surface area (Å²) in [6.45, 7) is 7.09. The lowest BCUT2D eigenvalue weighted by Gasteiger charge is -2.17. The van der Waals surface area contributed by atoms with E-state index in [0.29, 0.717) is 6.42 Å². The summed E-state index contributed by atoms with van der Waals surface area (Å²) in [6, 6.07) is 18.7. The molecule has 0 aliphatic heterocycles. The van der Waals surface area contributed by atoms with Gasteiger partial charge >= 0.3 is 0 Å². The molecule has 0 N–H and O–H groups in total. The van der Waals surface area contributed by atoms with Crippen LogP contribution < -0.4 is 0 Å². The zero-order valence-electron chi connectivity index (χ0n) is 13.9. The summed E-state index contributed by atoms with van der Waals surface area (Å²) in [5.41, 5.74) is 0.820. The highest BCUT2D eigenvalue weighted by Gasteiger charge is 2.10. The van der Waals surface area contributed by atoms with Crippen LogP contribution in [0.5, 0.6) is 0 Å². The number of ketones is 1. The Labute approximate surface area is 137 Å². The van der Waals surface area contributed by atoms with Crippen molar-refractivity contribution in [3.05, 3.63) is 60.2 Å². The quantitative estimate of drug-likeness (QED) is 0.476. The van der Waals surface area contributed by atoms with Gasteiger partial charge in [0.15, 0.2) is 5.78 Å². The summed E-state index contributed by atoms with van der Waals surface area (Å²) in [4.78, 5) is 14.8. The Bertz CT molecular complexity index is 833. The highest BCUT2D eigenvalue weighted by Crippen LogP contribution is 2.26. The fourth-order valence-corrected chi connectivity index (χ4v) is 3.12. The first-order valence-electron chi connectivity index (χ1n) is 8.40. The maximum Gasteiger partial charge on any atom is 0.164 e. The van der Waals surface area contributed by atoms with Gasteiger partial charge in [0.1, 0.15) is 0 Å². The average molecular weight is 305 g/mol. The van der Waals surface area contributed by atoms with Gasteiger partial charge in [0, 0.05) is 18.5 Å². The number of fused-ring (bicyclic) bond motifs is 3. The Morgan fingerprint density at radius 3 is 2.26 bits per heavy atom. The minimum Gasteiger partial charge on any atom is -0.303 e. The molecule has 0 amide bonds. The van der Waals surface area contributed by atoms with Crippen molar-refractivity contribution < 1.29 is 4.79 Å². The Balaban J connectivity index is 1.92. The molecule has 0 aromatic heterocycles. The largest absolute Gasteiger partial charge is 0.303 e. The molecule has 0 unspecified atom stereocenters. The van der Waals surface area contributed by atoms with E-state index in [-0.39, 0.29) is 5.78 Å². The Hall–Kier alpha value is -2.19. The Kier molecular flexibility index (Phi) is 4.73. The van der Waals surface area contributed by atoms with E-state index in [1.807, 2.05) is 12.1 Å². The molecule has 2 nitrogen and oxygen atoms in total. The molecule has 0 aliphatic carbocycles. The third-order valence-corrected chi connectivity index (χ3v) is 4.62. The van der Waals surface area contributed by atoms with Crippen molar-refractivity contribution in [1.29, 1.82) is 0 Å². The van der Waals surface area contributed by atoms with E-state index in [1.54, 1.807) is 0 Å². The standard InChI is InChI=1S/C21H23NO/c1-3-22(4-2)14-13-21(23)18-12-11-17-10-9-16-7-5-6-8-19(16)20(17)15-18/h5-12,15H,3-4,13-14H2,1-2H3. The van der Waals surface area contributed by atoms with Gasteiger partial charge in [-0.25, -0.2) is 0 Å². The second kappa shape index (κ2) is 6.93. The highest BCUT2D eigenvalue weighted by molar-refractivity contribution is 6.10. The number of benzene rings is 3. The van der Waals surface area contributed by atoms with Crippen LogP contribution in [0.3, 0.4) is 0 Å². The van der Waals surface area contributed by atoms with Gasteiger partial charge in [-0.3, -0.25) is 4.79 Å². The Morgan fingerprint density at radius 2 is 1.52 bits per heavy atom. The summed E-state index contributed by atoms with van der Waals surface area (Å²) >= 11 is 0. The number of Topliss-reactive ketones (excluding diaryl/α,β-unsaturated/α-hetero) is 1. The highest BCUT2D eigenvalue weighted by atomic mass is 16.1. The van der Waals surface area contributed by atoms with Crippen molar-refractivity contribution >= 4 is 27.3 Å². The maximum absolute atomic E-state index is 12.5. The molecule has 2 heteroatoms. The lowest BCUT2D eigenvalue weighted by molar-refractivity contribution is 0.0966. The van der Waals surface area contributed by atoms with Crippen LogP contribution in [0, 0.1) is 0 Å². The van der Waals surface area contributed by atoms with Crippen molar-refractivity contribution in [1.82, 2.24) is 4.90 Å². The molecule has 0 fully saturated rings. The van der Waals surface area contributed by atoms with Crippen molar-refractivity contribution in [2.24, 2.45) is 0 Å². The van der Waals surface area contributed by atoms with E-state index >= 15 is 0 Å². The van der Waals surface area contributed by atoms with Gasteiger partial charge < -0.3 is 4.90 Å². The molecule has 0 heterocycles. The summed E-state index contributed by atoms with van der Waals surface area (Å²) in [6.07, 6.45) is 0.581. The van der Waals surface area contributed by atoms with Crippen LogP contribution in [-0.4, -0.2) is 30.3 Å². The molecule has 3 rings (SSSR count). The summed E-state index contributed by atoms with van der Waals surface area (Å²) in [5.74, 6) is 0.228. The number of rotatable bonds is 6. The maximum atomic E-state index is 12.5. The molecule has 3 aromatic rings. The first-order chi connectivity index (χ1) is 11.2. The van der Waals surface area contributed by atoms with Gasteiger partial charge in [-0.05, 0) is 40.7 Å². The van der Waals surface area contributed by atoms with E-state index in [9.17, 15) is 4.79 Å². The molecule has 0 spiro atoms. The molecular formula is C21H23NO. The molecule has 3 aromatic carbocycles. The molecule has 118 valence electrons. The van der Waals surface area contributed by atoms with Gasteiger partial charge in [-0.15, -0.1) is 0 Å². The fraction of sp³-hybridized carbons (Fsp3) is 0.286. The minimum atomic E-state index is 0.228. The molecule has 0 atom stereocenters. The second-order valence-electron chi connectivity index (χ2n) is 5.92. The van der Waals surface area contributed by atoms with Crippen LogP contribution in [0.4, 0.5) is 0 Å². The van der Waals surface area contributed by atoms with E-state index < -0.39 is 0 Å². The molecule has 0 radical (unpaired) electrons. The van der Waals surface area contributed by atoms with Gasteiger partial charge in [-0.2, -0.15) is 0 Å². The lowest BCUT2D eigenvalue weighted by Crippen LogP contribution is -2.25. The van der Waals surface area contributed by atoms with Crippen LogP contribution >= 0.6 is 0 Å². The first kappa shape index (κ1) is 15.7. The third kappa shape index (κ3) is 3.27. The van der Waals surface area contributed by atoms with E-state index in [4.69, 9.17) is 0 Å². The summed E-state index contributed by atoms with van der Waals surface area (Å²) in [7, 11) is 0. The van der Waals surface area contributed by atoms with Crippen molar-refractivity contribution in [2.75, 3.05) is 19.6 Å². The predicted molar refractivity (Wildman–Crippen MR) is 98.2 cm³/mol. The van der Waals surface area contributed by atoms with E-state index in [2.05, 4.69) is 61.2 Å². The first-order valence-corrected chi connectivity index (χ1v) is 8.40. The van der Waals surface area contributed by atoms with Gasteiger partial charge in [0.25, 0.3) is 0 Å². The molecule has 0 aliphatic rings. The Morgan fingerprint density at radius 1 is 0.870 bits per heavy atom. The van der Waals surface area contributed by atoms with Crippen LogP contribution in [0.1, 0.15) is 30.6 Å². The van der Waals surface area contributed by atoms with Crippen LogP contribution in [-0.2, 0) is 0 Å². The number of carbonyl (C=O) groups is 1. The van der Waals surface area contributed by atoms with Gasteiger partial charge in [0.05, 0.1) is 0 Å². The summed E-state index contributed by atoms with van der Waals surface area (Å²) < 4.78 is 0. The molecular weight excluding hydrogens is 282 g/mol. The SMILES string of the molecule is CCN(CC)CCC(=O)c1ccc2ccc3ccccc3c2c1. The number of hydrogen-bond donors (Lipinski definition) is 0. The van der Waals surface area contributed by atoms with Crippen molar-refractivity contribution in [3.8, 4) is 0 Å². The van der Waals surface area contributed by atoms with Crippen molar-refractivity contribution in [2.45, 2.75) is 20.3 Å². The van der Waals surface area contributed by atoms with Gasteiger partial charge in [0.2, 0.25) is 0 Å². The van der Waals surface area contributed by atoms with Crippen LogP contribution in [0.15, 0.2) is 54.6 Å². The molecule has 0 saturated heterocycles. The number of hydrogen-bond acceptors (Lipinski definition) is 2. The average Bonchev–Trinajstić information content (AvgIpc) is 2.61. The topological polar surface area (TPSA) is 20.3 Å².